The minimum Gasteiger partial charge on any atom is -0.285 e. The summed E-state index contributed by atoms with van der Waals surface area (Å²) in [5.74, 6) is -1.29. The Balaban J connectivity index is 1.25. The molecule has 0 saturated carbocycles. The number of amides is 4. The molecule has 66 heavy (non-hydrogen) atoms. The molecule has 2 aliphatic carbocycles. The number of thiophene rings is 4. The number of thiocarbonyl (C=S) groups is 2. The first kappa shape index (κ1) is 48.8. The molecule has 2 fully saturated rings. The van der Waals surface area contributed by atoms with Crippen molar-refractivity contribution >= 4 is 116 Å². The van der Waals surface area contributed by atoms with Crippen molar-refractivity contribution in [2.75, 3.05) is 26.2 Å². The highest BCUT2D eigenvalue weighted by Crippen LogP contribution is 2.64. The Morgan fingerprint density at radius 3 is 0.985 bits per heavy atom. The summed E-state index contributed by atoms with van der Waals surface area (Å²) >= 11 is 18.4. The lowest BCUT2D eigenvalue weighted by Gasteiger charge is -2.35. The minimum absolute atomic E-state index is 0.153. The number of hydrogen-bond acceptors (Lipinski definition) is 10. The summed E-state index contributed by atoms with van der Waals surface area (Å²) in [5.41, 5.74) is 5.60. The first-order valence-electron chi connectivity index (χ1n) is 24.2. The van der Waals surface area contributed by atoms with Crippen LogP contribution in [0.4, 0.5) is 0 Å². The Bertz CT molecular complexity index is 2420. The topological polar surface area (TPSA) is 81.2 Å². The zero-order valence-electron chi connectivity index (χ0n) is 39.6. The molecule has 4 aromatic heterocycles. The number of rotatable bonds is 19. The van der Waals surface area contributed by atoms with E-state index in [4.69, 9.17) is 24.4 Å². The maximum absolute atomic E-state index is 13.8. The molecule has 2 aliphatic heterocycles. The second kappa shape index (κ2) is 19.7. The largest absolute Gasteiger partial charge is 0.285 e. The van der Waals surface area contributed by atoms with Crippen molar-refractivity contribution in [3.63, 3.8) is 0 Å². The number of unbranched alkanes of at least 4 members (excludes halogenated alkanes) is 4. The van der Waals surface area contributed by atoms with Crippen LogP contribution >= 0.6 is 69.8 Å². The zero-order valence-corrected chi connectivity index (χ0v) is 44.5. The van der Waals surface area contributed by atoms with Crippen LogP contribution in [0, 0.1) is 0 Å². The molecule has 0 spiro atoms. The van der Waals surface area contributed by atoms with E-state index in [2.05, 4.69) is 52.0 Å². The number of hydrogen-bond donors (Lipinski definition) is 0. The second-order valence-electron chi connectivity index (χ2n) is 17.9. The van der Waals surface area contributed by atoms with Crippen molar-refractivity contribution in [1.29, 1.82) is 0 Å². The van der Waals surface area contributed by atoms with Gasteiger partial charge in [-0.3, -0.25) is 38.8 Å². The quantitative estimate of drug-likeness (QED) is 0.0529. The second-order valence-corrected chi connectivity index (χ2v) is 22.9. The molecule has 4 aliphatic rings. The fraction of sp³-hybridized carbons (Fsp3) is 0.500. The Labute approximate surface area is 417 Å². The number of nitrogens with zero attached hydrogens (tertiary/aromatic N) is 4. The lowest BCUT2D eigenvalue weighted by atomic mass is 9.71. The molecule has 14 heteroatoms. The summed E-state index contributed by atoms with van der Waals surface area (Å²) in [6.45, 7) is 18.3. The van der Waals surface area contributed by atoms with Gasteiger partial charge in [-0.2, -0.15) is 0 Å². The van der Waals surface area contributed by atoms with Gasteiger partial charge in [-0.1, -0.05) is 79.1 Å². The summed E-state index contributed by atoms with van der Waals surface area (Å²) < 4.78 is 0. The van der Waals surface area contributed by atoms with E-state index in [1.807, 2.05) is 62.5 Å². The van der Waals surface area contributed by atoms with Gasteiger partial charge in [0.15, 0.2) is 10.2 Å². The van der Waals surface area contributed by atoms with Crippen LogP contribution in [0.25, 0.3) is 41.4 Å². The molecule has 0 aromatic carbocycles. The molecule has 0 radical (unpaired) electrons. The summed E-state index contributed by atoms with van der Waals surface area (Å²) in [7, 11) is 0. The number of carbonyl (C=O) groups is 4. The molecular formula is C52H62N4O4S6. The highest BCUT2D eigenvalue weighted by Gasteiger charge is 2.48. The standard InChI is InChI=1S/C52H62N4O4S6/c1-9-17-21-51(22-18-10-2)35-27-31(25-33-45(57)53(13-5)49(61)54(14-6)46(33)58)63-41(35)43-37(51)29-39(65-43)40-30-38-44(66-40)42-36(52(38,23-19-11-3)24-20-12-4)28-32(64-42)26-34-47(59)55(15-7)50(62)56(16-8)48(34)60/h25-30H,9-24H2,1-8H3. The highest BCUT2D eigenvalue weighted by molar-refractivity contribution is 7.80. The number of carbonyl (C=O) groups excluding carboxylic acids is 4. The van der Waals surface area contributed by atoms with Crippen molar-refractivity contribution in [2.24, 2.45) is 0 Å². The van der Waals surface area contributed by atoms with Crippen LogP contribution in [0.15, 0.2) is 35.4 Å². The van der Waals surface area contributed by atoms with E-state index in [-0.39, 0.29) is 55.8 Å². The molecule has 4 amide bonds. The number of likely N-dealkylation sites (N-methyl/N-ethyl adjacent to an activating group) is 4. The van der Waals surface area contributed by atoms with Crippen molar-refractivity contribution in [3.05, 3.63) is 67.4 Å². The van der Waals surface area contributed by atoms with E-state index in [9.17, 15) is 19.2 Å². The van der Waals surface area contributed by atoms with Gasteiger partial charge >= 0.3 is 0 Å². The normalized spacial score (nSPS) is 17.4. The predicted molar refractivity (Wildman–Crippen MR) is 285 cm³/mol. The van der Waals surface area contributed by atoms with E-state index >= 15 is 0 Å². The van der Waals surface area contributed by atoms with E-state index in [1.165, 1.54) is 71.1 Å². The Morgan fingerprint density at radius 2 is 0.712 bits per heavy atom. The van der Waals surface area contributed by atoms with Crippen LogP contribution in [-0.2, 0) is 30.0 Å². The smallest absolute Gasteiger partial charge is 0.265 e. The van der Waals surface area contributed by atoms with Gasteiger partial charge in [-0.15, -0.1) is 45.3 Å². The van der Waals surface area contributed by atoms with Crippen LogP contribution in [0.5, 0.6) is 0 Å². The fourth-order valence-electron chi connectivity index (χ4n) is 10.7. The minimum atomic E-state index is -0.322. The van der Waals surface area contributed by atoms with E-state index in [0.29, 0.717) is 26.2 Å². The third-order valence-corrected chi connectivity index (χ3v) is 20.0. The monoisotopic (exact) mass is 998 g/mol. The van der Waals surface area contributed by atoms with Crippen molar-refractivity contribution in [1.82, 2.24) is 19.6 Å². The molecule has 8 nitrogen and oxygen atoms in total. The molecular weight excluding hydrogens is 937 g/mol. The molecule has 0 unspecified atom stereocenters. The maximum atomic E-state index is 13.8. The molecule has 0 atom stereocenters. The maximum Gasteiger partial charge on any atom is 0.265 e. The van der Waals surface area contributed by atoms with Crippen LogP contribution in [0.2, 0.25) is 0 Å². The average Bonchev–Trinajstić information content (AvgIpc) is 4.16. The van der Waals surface area contributed by atoms with Gasteiger partial charge < -0.3 is 0 Å². The average molecular weight is 999 g/mol. The molecule has 350 valence electrons. The lowest BCUT2D eigenvalue weighted by Crippen LogP contribution is -2.55. The fourth-order valence-corrected chi connectivity index (χ4v) is 16.8. The summed E-state index contributed by atoms with van der Waals surface area (Å²) in [4.78, 5) is 70.8. The third kappa shape index (κ3) is 7.87. The summed E-state index contributed by atoms with van der Waals surface area (Å²) in [5, 5.41) is 0.556. The van der Waals surface area contributed by atoms with E-state index in [0.717, 1.165) is 86.8 Å². The SMILES string of the molecule is CCCCC1(CCCC)c2cc(C=C3C(=O)N(CC)C(=S)N(CC)C3=O)sc2-c2sc(-c3cc4c(s3)-c3sc(C=C5C(=O)N(CC)C(=S)N(CC)C5=O)cc3C4(CCCC)CCCC)cc21. The molecule has 6 heterocycles. The van der Waals surface area contributed by atoms with Gasteiger partial charge in [0, 0.05) is 76.0 Å². The third-order valence-electron chi connectivity index (χ3n) is 14.2. The van der Waals surface area contributed by atoms with Gasteiger partial charge in [0.1, 0.15) is 11.1 Å². The molecule has 0 N–H and O–H groups in total. The predicted octanol–water partition coefficient (Wildman–Crippen LogP) is 13.7. The Hall–Kier alpha value is -3.66. The molecule has 2 saturated heterocycles. The molecule has 8 rings (SSSR count). The first-order valence-corrected chi connectivity index (χ1v) is 28.3. The van der Waals surface area contributed by atoms with Gasteiger partial charge in [-0.05, 0) is 136 Å². The van der Waals surface area contributed by atoms with Crippen LogP contribution in [0.1, 0.15) is 164 Å². The van der Waals surface area contributed by atoms with Gasteiger partial charge in [0.25, 0.3) is 23.6 Å². The molecule has 4 aromatic rings. The highest BCUT2D eigenvalue weighted by atomic mass is 32.1. The summed E-state index contributed by atoms with van der Waals surface area (Å²) in [6, 6.07) is 9.60. The van der Waals surface area contributed by atoms with Crippen LogP contribution in [-0.4, -0.2) is 79.6 Å². The van der Waals surface area contributed by atoms with Crippen molar-refractivity contribution in [3.8, 4) is 29.3 Å². The number of fused-ring (bicyclic) bond motifs is 6. The van der Waals surface area contributed by atoms with Gasteiger partial charge in [0.05, 0.1) is 0 Å². The summed E-state index contributed by atoms with van der Waals surface area (Å²) in [6.07, 6.45) is 16.6. The zero-order chi connectivity index (χ0) is 47.2. The Morgan fingerprint density at radius 1 is 0.439 bits per heavy atom. The van der Waals surface area contributed by atoms with Gasteiger partial charge in [-0.25, -0.2) is 0 Å². The van der Waals surface area contributed by atoms with Crippen molar-refractivity contribution in [2.45, 2.75) is 143 Å². The first-order chi connectivity index (χ1) is 31.8. The van der Waals surface area contributed by atoms with Crippen molar-refractivity contribution < 1.29 is 19.2 Å². The van der Waals surface area contributed by atoms with Crippen LogP contribution < -0.4 is 0 Å². The Kier molecular flexibility index (Phi) is 14.6. The van der Waals surface area contributed by atoms with E-state index < -0.39 is 0 Å². The lowest BCUT2D eigenvalue weighted by molar-refractivity contribution is -0.135. The van der Waals surface area contributed by atoms with Gasteiger partial charge in [0.2, 0.25) is 0 Å². The van der Waals surface area contributed by atoms with Crippen LogP contribution in [0.3, 0.4) is 0 Å². The molecule has 0 bridgehead atoms. The van der Waals surface area contributed by atoms with E-state index in [1.54, 1.807) is 22.7 Å².